The summed E-state index contributed by atoms with van der Waals surface area (Å²) in [5, 5.41) is -0.108. The standard InChI is InChI=1S/C7H3ClF4S/c8-5-2-1-4(9)3-6(5)13-7(10,11)12/h1-3H. The van der Waals surface area contributed by atoms with Crippen molar-refractivity contribution in [2.45, 2.75) is 10.4 Å². The molecule has 0 saturated carbocycles. The molecule has 1 rings (SSSR count). The summed E-state index contributed by atoms with van der Waals surface area (Å²) in [4.78, 5) is -0.325. The van der Waals surface area contributed by atoms with Gasteiger partial charge in [0.15, 0.2) is 0 Å². The van der Waals surface area contributed by atoms with E-state index in [0.29, 0.717) is 0 Å². The number of hydrogen-bond donors (Lipinski definition) is 0. The van der Waals surface area contributed by atoms with Crippen molar-refractivity contribution < 1.29 is 17.6 Å². The molecule has 0 bridgehead atoms. The van der Waals surface area contributed by atoms with Gasteiger partial charge in [-0.3, -0.25) is 0 Å². The van der Waals surface area contributed by atoms with E-state index in [9.17, 15) is 17.6 Å². The van der Waals surface area contributed by atoms with E-state index in [-0.39, 0.29) is 9.92 Å². The van der Waals surface area contributed by atoms with E-state index in [0.717, 1.165) is 18.2 Å². The molecule has 0 aromatic heterocycles. The Morgan fingerprint density at radius 1 is 1.23 bits per heavy atom. The molecule has 6 heteroatoms. The molecule has 0 N–H and O–H groups in total. The van der Waals surface area contributed by atoms with Crippen LogP contribution < -0.4 is 0 Å². The Morgan fingerprint density at radius 3 is 2.38 bits per heavy atom. The predicted octanol–water partition coefficient (Wildman–Crippen LogP) is 4.09. The zero-order chi connectivity index (χ0) is 10.1. The van der Waals surface area contributed by atoms with Crippen LogP contribution in [0.4, 0.5) is 17.6 Å². The van der Waals surface area contributed by atoms with Crippen LogP contribution in [0.2, 0.25) is 5.02 Å². The van der Waals surface area contributed by atoms with E-state index in [1.165, 1.54) is 0 Å². The van der Waals surface area contributed by atoms with Crippen LogP contribution in [0.1, 0.15) is 0 Å². The molecule has 0 fully saturated rings. The van der Waals surface area contributed by atoms with Gasteiger partial charge in [-0.15, -0.1) is 0 Å². The molecule has 1 aromatic carbocycles. The topological polar surface area (TPSA) is 0 Å². The molecular weight excluding hydrogens is 228 g/mol. The molecule has 0 heterocycles. The smallest absolute Gasteiger partial charge is 0.207 e. The van der Waals surface area contributed by atoms with Gasteiger partial charge in [0.2, 0.25) is 0 Å². The van der Waals surface area contributed by atoms with Crippen molar-refractivity contribution in [2.24, 2.45) is 0 Å². The molecular formula is C7H3ClF4S. The predicted molar refractivity (Wildman–Crippen MR) is 43.3 cm³/mol. The second-order valence-corrected chi connectivity index (χ2v) is 3.64. The van der Waals surface area contributed by atoms with Gasteiger partial charge >= 0.3 is 5.51 Å². The SMILES string of the molecule is Fc1ccc(Cl)c(SC(F)(F)F)c1. The van der Waals surface area contributed by atoms with Crippen LogP contribution in [0.25, 0.3) is 0 Å². The Morgan fingerprint density at radius 2 is 1.85 bits per heavy atom. The second kappa shape index (κ2) is 3.75. The third-order valence-electron chi connectivity index (χ3n) is 1.12. The fourth-order valence-electron chi connectivity index (χ4n) is 0.680. The van der Waals surface area contributed by atoms with Crippen molar-refractivity contribution in [3.63, 3.8) is 0 Å². The number of rotatable bonds is 1. The monoisotopic (exact) mass is 230 g/mol. The molecule has 0 nitrogen and oxygen atoms in total. The number of halogens is 5. The molecule has 72 valence electrons. The van der Waals surface area contributed by atoms with E-state index >= 15 is 0 Å². The molecule has 0 amide bonds. The lowest BCUT2D eigenvalue weighted by molar-refractivity contribution is -0.0328. The Bertz CT molecular complexity index is 310. The van der Waals surface area contributed by atoms with Crippen LogP contribution >= 0.6 is 23.4 Å². The van der Waals surface area contributed by atoms with Crippen molar-refractivity contribution in [1.82, 2.24) is 0 Å². The fourth-order valence-corrected chi connectivity index (χ4v) is 1.50. The second-order valence-electron chi connectivity index (χ2n) is 2.12. The molecule has 0 aliphatic carbocycles. The molecule has 0 atom stereocenters. The summed E-state index contributed by atoms with van der Waals surface area (Å²) in [7, 11) is 0. The summed E-state index contributed by atoms with van der Waals surface area (Å²) in [5.74, 6) is -0.740. The maximum Gasteiger partial charge on any atom is 0.446 e. The first-order valence-corrected chi connectivity index (χ1v) is 4.29. The highest BCUT2D eigenvalue weighted by atomic mass is 35.5. The Balaban J connectivity index is 2.94. The van der Waals surface area contributed by atoms with Gasteiger partial charge in [-0.25, -0.2) is 4.39 Å². The zero-order valence-electron chi connectivity index (χ0n) is 6.03. The average Bonchev–Trinajstić information content (AvgIpc) is 1.94. The lowest BCUT2D eigenvalue weighted by Gasteiger charge is -2.06. The minimum atomic E-state index is -4.45. The highest BCUT2D eigenvalue weighted by Crippen LogP contribution is 2.40. The first-order valence-electron chi connectivity index (χ1n) is 3.09. The maximum absolute atomic E-state index is 12.5. The summed E-state index contributed by atoms with van der Waals surface area (Å²) in [6, 6.07) is 2.84. The van der Waals surface area contributed by atoms with E-state index in [1.807, 2.05) is 0 Å². The maximum atomic E-state index is 12.5. The van der Waals surface area contributed by atoms with Gasteiger partial charge in [-0.2, -0.15) is 13.2 Å². The molecule has 0 spiro atoms. The van der Waals surface area contributed by atoms with Gasteiger partial charge in [0, 0.05) is 4.90 Å². The summed E-state index contributed by atoms with van der Waals surface area (Å²) >= 11 is 4.98. The summed E-state index contributed by atoms with van der Waals surface area (Å²) in [5.41, 5.74) is -4.45. The molecule has 1 aromatic rings. The number of benzene rings is 1. The molecule has 0 saturated heterocycles. The zero-order valence-corrected chi connectivity index (χ0v) is 7.60. The first-order chi connectivity index (χ1) is 5.88. The number of thioether (sulfide) groups is 1. The van der Waals surface area contributed by atoms with Gasteiger partial charge in [-0.05, 0) is 30.0 Å². The highest BCUT2D eigenvalue weighted by molar-refractivity contribution is 8.00. The minimum absolute atomic E-state index is 0.108. The summed E-state index contributed by atoms with van der Waals surface area (Å²) < 4.78 is 48.0. The lowest BCUT2D eigenvalue weighted by atomic mass is 10.3. The van der Waals surface area contributed by atoms with E-state index in [1.54, 1.807) is 0 Å². The van der Waals surface area contributed by atoms with Crippen LogP contribution in [-0.4, -0.2) is 5.51 Å². The van der Waals surface area contributed by atoms with Crippen molar-refractivity contribution in [3.8, 4) is 0 Å². The Kier molecular flexibility index (Phi) is 3.08. The van der Waals surface area contributed by atoms with Crippen molar-refractivity contribution in [1.29, 1.82) is 0 Å². The van der Waals surface area contributed by atoms with E-state index in [2.05, 4.69) is 0 Å². The minimum Gasteiger partial charge on any atom is -0.207 e. The number of hydrogen-bond acceptors (Lipinski definition) is 1. The third kappa shape index (κ3) is 3.44. The molecule has 0 unspecified atom stereocenters. The van der Waals surface area contributed by atoms with Crippen LogP contribution in [0.15, 0.2) is 23.1 Å². The van der Waals surface area contributed by atoms with Crippen LogP contribution in [0.5, 0.6) is 0 Å². The van der Waals surface area contributed by atoms with Crippen molar-refractivity contribution in [2.75, 3.05) is 0 Å². The van der Waals surface area contributed by atoms with Gasteiger partial charge in [0.05, 0.1) is 5.02 Å². The molecule has 0 radical (unpaired) electrons. The van der Waals surface area contributed by atoms with E-state index < -0.39 is 23.1 Å². The van der Waals surface area contributed by atoms with Crippen molar-refractivity contribution in [3.05, 3.63) is 29.0 Å². The fraction of sp³-hybridized carbons (Fsp3) is 0.143. The van der Waals surface area contributed by atoms with Crippen molar-refractivity contribution >= 4 is 23.4 Å². The van der Waals surface area contributed by atoms with Gasteiger partial charge < -0.3 is 0 Å². The molecule has 0 aliphatic rings. The average molecular weight is 231 g/mol. The third-order valence-corrected chi connectivity index (χ3v) is 2.35. The first kappa shape index (κ1) is 10.7. The van der Waals surface area contributed by atoms with Crippen LogP contribution in [0, 0.1) is 5.82 Å². The van der Waals surface area contributed by atoms with Gasteiger partial charge in [-0.1, -0.05) is 11.6 Å². The lowest BCUT2D eigenvalue weighted by Crippen LogP contribution is -1.99. The number of alkyl halides is 3. The molecule has 0 aliphatic heterocycles. The van der Waals surface area contributed by atoms with Crippen LogP contribution in [-0.2, 0) is 0 Å². The highest BCUT2D eigenvalue weighted by Gasteiger charge is 2.30. The largest absolute Gasteiger partial charge is 0.446 e. The normalized spacial score (nSPS) is 11.8. The Hall–Kier alpha value is -0.420. The van der Waals surface area contributed by atoms with Gasteiger partial charge in [0.1, 0.15) is 5.82 Å². The quantitative estimate of drug-likeness (QED) is 0.517. The Labute approximate surface area is 80.9 Å². The summed E-state index contributed by atoms with van der Waals surface area (Å²) in [6.07, 6.45) is 0. The van der Waals surface area contributed by atoms with Crippen LogP contribution in [0.3, 0.4) is 0 Å². The molecule has 13 heavy (non-hydrogen) atoms. The van der Waals surface area contributed by atoms with Gasteiger partial charge in [0.25, 0.3) is 0 Å². The summed E-state index contributed by atoms with van der Waals surface area (Å²) in [6.45, 7) is 0. The van der Waals surface area contributed by atoms with E-state index in [4.69, 9.17) is 11.6 Å².